The normalized spacial score (nSPS) is 25.6. The molecule has 2 aromatic rings. The lowest BCUT2D eigenvalue weighted by molar-refractivity contribution is -0.192. The van der Waals surface area contributed by atoms with Crippen molar-refractivity contribution in [3.63, 3.8) is 0 Å². The number of hydrogen-bond acceptors (Lipinski definition) is 5. The number of fused-ring (bicyclic) bond motifs is 3. The van der Waals surface area contributed by atoms with Crippen LogP contribution in [0, 0.1) is 5.92 Å². The van der Waals surface area contributed by atoms with E-state index in [1.54, 1.807) is 0 Å². The first kappa shape index (κ1) is 16.8. The van der Waals surface area contributed by atoms with Gasteiger partial charge in [-0.1, -0.05) is 30.3 Å². The summed E-state index contributed by atoms with van der Waals surface area (Å²) in [6.45, 7) is 1.74. The fourth-order valence-corrected chi connectivity index (χ4v) is 4.45. The molecule has 3 aliphatic rings. The zero-order valence-corrected chi connectivity index (χ0v) is 15.1. The molecule has 2 fully saturated rings. The number of rotatable bonds is 3. The second kappa shape index (κ2) is 6.66. The quantitative estimate of drug-likeness (QED) is 0.611. The van der Waals surface area contributed by atoms with Gasteiger partial charge in [0, 0.05) is 24.3 Å². The topological polar surface area (TPSA) is 54.0 Å². The maximum absolute atomic E-state index is 12.5. The molecule has 2 aromatic carbocycles. The van der Waals surface area contributed by atoms with Gasteiger partial charge in [-0.3, -0.25) is 4.79 Å². The van der Waals surface area contributed by atoms with E-state index in [2.05, 4.69) is 0 Å². The molecule has 1 unspecified atom stereocenters. The summed E-state index contributed by atoms with van der Waals surface area (Å²) in [6, 6.07) is 15.8. The summed E-state index contributed by atoms with van der Waals surface area (Å²) in [5, 5.41) is 0. The van der Waals surface area contributed by atoms with Crippen LogP contribution in [-0.4, -0.2) is 25.0 Å². The molecule has 1 saturated heterocycles. The van der Waals surface area contributed by atoms with E-state index in [0.29, 0.717) is 32.0 Å². The first-order chi connectivity index (χ1) is 13.2. The Hall–Kier alpha value is -2.37. The molecule has 0 radical (unpaired) electrons. The van der Waals surface area contributed by atoms with Gasteiger partial charge >= 0.3 is 5.97 Å². The van der Waals surface area contributed by atoms with E-state index in [-0.39, 0.29) is 17.8 Å². The largest absolute Gasteiger partial charge is 0.489 e. The van der Waals surface area contributed by atoms with Crippen LogP contribution in [0.15, 0.2) is 48.5 Å². The standard InChI is InChI=1S/C22H22O5/c23-21-17-8-9-22(25-10-11-26-22)13-19(17)18-12-16(6-7-20(18)27-21)24-14-15-4-2-1-3-5-15/h1-7,12,17,19H,8-11,13-14H2/t17?,19-/m0/s1. The fourth-order valence-electron chi connectivity index (χ4n) is 4.45. The van der Waals surface area contributed by atoms with Gasteiger partial charge < -0.3 is 18.9 Å². The van der Waals surface area contributed by atoms with E-state index in [1.165, 1.54) is 0 Å². The predicted molar refractivity (Wildman–Crippen MR) is 97.6 cm³/mol. The van der Waals surface area contributed by atoms with Crippen LogP contribution in [-0.2, 0) is 20.9 Å². The number of ether oxygens (including phenoxy) is 4. The maximum Gasteiger partial charge on any atom is 0.314 e. The van der Waals surface area contributed by atoms with Crippen LogP contribution in [0.3, 0.4) is 0 Å². The zero-order chi connectivity index (χ0) is 18.3. The summed E-state index contributed by atoms with van der Waals surface area (Å²) in [6.07, 6.45) is 2.14. The molecular formula is C22H22O5. The van der Waals surface area contributed by atoms with Crippen molar-refractivity contribution in [1.29, 1.82) is 0 Å². The molecule has 0 amide bonds. The summed E-state index contributed by atoms with van der Waals surface area (Å²) in [7, 11) is 0. The summed E-state index contributed by atoms with van der Waals surface area (Å²) >= 11 is 0. The van der Waals surface area contributed by atoms with Gasteiger partial charge in [0.2, 0.25) is 0 Å². The van der Waals surface area contributed by atoms with Crippen molar-refractivity contribution in [2.75, 3.05) is 13.2 Å². The predicted octanol–water partition coefficient (Wildman–Crippen LogP) is 3.81. The number of esters is 1. The monoisotopic (exact) mass is 366 g/mol. The van der Waals surface area contributed by atoms with Gasteiger partial charge in [0.05, 0.1) is 19.1 Å². The molecule has 0 aromatic heterocycles. The van der Waals surface area contributed by atoms with Crippen LogP contribution in [0.1, 0.15) is 36.3 Å². The van der Waals surface area contributed by atoms with Crippen molar-refractivity contribution in [1.82, 2.24) is 0 Å². The van der Waals surface area contributed by atoms with E-state index < -0.39 is 5.79 Å². The van der Waals surface area contributed by atoms with Crippen molar-refractivity contribution in [3.05, 3.63) is 59.7 Å². The Balaban J connectivity index is 1.41. The Bertz CT molecular complexity index is 841. The van der Waals surface area contributed by atoms with Crippen molar-refractivity contribution in [2.45, 2.75) is 37.6 Å². The average molecular weight is 366 g/mol. The van der Waals surface area contributed by atoms with Crippen LogP contribution in [0.4, 0.5) is 0 Å². The molecular weight excluding hydrogens is 344 g/mol. The molecule has 0 N–H and O–H groups in total. The van der Waals surface area contributed by atoms with E-state index in [1.807, 2.05) is 48.5 Å². The molecule has 5 nitrogen and oxygen atoms in total. The molecule has 5 rings (SSSR count). The van der Waals surface area contributed by atoms with Crippen molar-refractivity contribution >= 4 is 5.97 Å². The fraction of sp³-hybridized carbons (Fsp3) is 0.409. The smallest absolute Gasteiger partial charge is 0.314 e. The number of carbonyl (C=O) groups excluding carboxylic acids is 1. The first-order valence-electron chi connectivity index (χ1n) is 9.53. The minimum atomic E-state index is -0.545. The van der Waals surface area contributed by atoms with Crippen LogP contribution in [0.5, 0.6) is 11.5 Å². The van der Waals surface area contributed by atoms with Crippen molar-refractivity contribution < 1.29 is 23.7 Å². The summed E-state index contributed by atoms with van der Waals surface area (Å²) in [5.41, 5.74) is 2.13. The van der Waals surface area contributed by atoms with Gasteiger partial charge in [-0.15, -0.1) is 0 Å². The Labute approximate surface area is 158 Å². The number of carbonyl (C=O) groups is 1. The van der Waals surface area contributed by atoms with Gasteiger partial charge in [-0.05, 0) is 30.2 Å². The van der Waals surface area contributed by atoms with Gasteiger partial charge in [-0.2, -0.15) is 0 Å². The van der Waals surface area contributed by atoms with E-state index >= 15 is 0 Å². The van der Waals surface area contributed by atoms with Crippen LogP contribution in [0.2, 0.25) is 0 Å². The molecule has 5 heteroatoms. The van der Waals surface area contributed by atoms with E-state index in [0.717, 1.165) is 29.7 Å². The summed E-state index contributed by atoms with van der Waals surface area (Å²) < 4.78 is 23.4. The van der Waals surface area contributed by atoms with Gasteiger partial charge in [0.25, 0.3) is 0 Å². The highest BCUT2D eigenvalue weighted by Crippen LogP contribution is 2.51. The Morgan fingerprint density at radius 3 is 2.67 bits per heavy atom. The SMILES string of the molecule is O=C1Oc2ccc(OCc3ccccc3)cc2[C@H]2CC3(CCC12)OCCO3. The second-order valence-corrected chi connectivity index (χ2v) is 7.46. The third-order valence-electron chi connectivity index (χ3n) is 5.81. The molecule has 2 aliphatic heterocycles. The summed E-state index contributed by atoms with van der Waals surface area (Å²) in [5.74, 6) is 0.620. The van der Waals surface area contributed by atoms with E-state index in [9.17, 15) is 4.79 Å². The van der Waals surface area contributed by atoms with E-state index in [4.69, 9.17) is 18.9 Å². The Morgan fingerprint density at radius 2 is 1.85 bits per heavy atom. The molecule has 140 valence electrons. The molecule has 1 spiro atoms. The maximum atomic E-state index is 12.5. The number of hydrogen-bond donors (Lipinski definition) is 0. The third-order valence-corrected chi connectivity index (χ3v) is 5.81. The Morgan fingerprint density at radius 1 is 1.04 bits per heavy atom. The second-order valence-electron chi connectivity index (χ2n) is 7.46. The highest BCUT2D eigenvalue weighted by atomic mass is 16.7. The zero-order valence-electron chi connectivity index (χ0n) is 15.1. The molecule has 0 bridgehead atoms. The Kier molecular flexibility index (Phi) is 4.14. The van der Waals surface area contributed by atoms with Gasteiger partial charge in [-0.25, -0.2) is 0 Å². The lowest BCUT2D eigenvalue weighted by Gasteiger charge is -2.42. The van der Waals surface area contributed by atoms with Gasteiger partial charge in [0.1, 0.15) is 18.1 Å². The minimum absolute atomic E-state index is 0.0355. The highest BCUT2D eigenvalue weighted by Gasteiger charge is 2.50. The lowest BCUT2D eigenvalue weighted by atomic mass is 9.71. The molecule has 27 heavy (non-hydrogen) atoms. The van der Waals surface area contributed by atoms with Crippen LogP contribution in [0.25, 0.3) is 0 Å². The summed E-state index contributed by atoms with van der Waals surface area (Å²) in [4.78, 5) is 12.5. The van der Waals surface area contributed by atoms with Gasteiger partial charge in [0.15, 0.2) is 5.79 Å². The molecule has 2 atom stereocenters. The molecule has 2 heterocycles. The molecule has 1 aliphatic carbocycles. The van der Waals surface area contributed by atoms with Crippen LogP contribution >= 0.6 is 0 Å². The van der Waals surface area contributed by atoms with Crippen molar-refractivity contribution in [3.8, 4) is 11.5 Å². The lowest BCUT2D eigenvalue weighted by Crippen LogP contribution is -2.44. The number of benzene rings is 2. The van der Waals surface area contributed by atoms with Crippen molar-refractivity contribution in [2.24, 2.45) is 5.92 Å². The molecule has 1 saturated carbocycles. The third kappa shape index (κ3) is 3.11. The first-order valence-corrected chi connectivity index (χ1v) is 9.53. The highest BCUT2D eigenvalue weighted by molar-refractivity contribution is 5.79. The van der Waals surface area contributed by atoms with Crippen LogP contribution < -0.4 is 9.47 Å². The minimum Gasteiger partial charge on any atom is -0.489 e. The average Bonchev–Trinajstić information content (AvgIpc) is 3.15.